The van der Waals surface area contributed by atoms with E-state index in [1.54, 1.807) is 12.3 Å². The Kier molecular flexibility index (Phi) is 3.06. The predicted molar refractivity (Wildman–Crippen MR) is 58.4 cm³/mol. The van der Waals surface area contributed by atoms with E-state index in [-0.39, 0.29) is 5.69 Å². The molecule has 0 amide bonds. The van der Waals surface area contributed by atoms with E-state index >= 15 is 0 Å². The second kappa shape index (κ2) is 4.67. The van der Waals surface area contributed by atoms with E-state index in [1.165, 1.54) is 23.0 Å². The second-order valence-corrected chi connectivity index (χ2v) is 3.82. The maximum atomic E-state index is 10.6. The van der Waals surface area contributed by atoms with E-state index in [0.29, 0.717) is 17.4 Å². The number of hydrogen-bond acceptors (Lipinski definition) is 6. The smallest absolute Gasteiger partial charge is 0.355 e. The highest BCUT2D eigenvalue weighted by molar-refractivity contribution is 7.09. The highest BCUT2D eigenvalue weighted by Crippen LogP contribution is 2.11. The van der Waals surface area contributed by atoms with Crippen LogP contribution in [0, 0.1) is 0 Å². The van der Waals surface area contributed by atoms with Gasteiger partial charge in [-0.2, -0.15) is 0 Å². The van der Waals surface area contributed by atoms with Gasteiger partial charge in [-0.3, -0.25) is 0 Å². The number of aromatic nitrogens is 3. The van der Waals surface area contributed by atoms with Crippen LogP contribution in [-0.4, -0.2) is 26.0 Å². The average Bonchev–Trinajstić information content (AvgIpc) is 2.76. The third-order valence-corrected chi connectivity index (χ3v) is 2.62. The lowest BCUT2D eigenvalue weighted by molar-refractivity contribution is 0.0691. The molecule has 0 aromatic carbocycles. The number of anilines is 1. The highest BCUT2D eigenvalue weighted by Gasteiger charge is 2.08. The lowest BCUT2D eigenvalue weighted by atomic mass is 10.5. The number of rotatable bonds is 4. The molecular weight excluding hydrogens is 228 g/mol. The third kappa shape index (κ3) is 2.51. The van der Waals surface area contributed by atoms with Crippen molar-refractivity contribution >= 4 is 23.1 Å². The molecule has 2 aromatic heterocycles. The fourth-order valence-electron chi connectivity index (χ4n) is 1.05. The van der Waals surface area contributed by atoms with Gasteiger partial charge in [-0.1, -0.05) is 0 Å². The van der Waals surface area contributed by atoms with Gasteiger partial charge in [0, 0.05) is 11.6 Å². The maximum Gasteiger partial charge on any atom is 0.355 e. The molecular formula is C9H8N4O2S. The maximum absolute atomic E-state index is 10.6. The van der Waals surface area contributed by atoms with Crippen molar-refractivity contribution in [2.45, 2.75) is 6.54 Å². The molecule has 0 saturated heterocycles. The Bertz CT molecular complexity index is 485. The van der Waals surface area contributed by atoms with Crippen LogP contribution >= 0.6 is 11.3 Å². The predicted octanol–water partition coefficient (Wildman–Crippen LogP) is 1.24. The van der Waals surface area contributed by atoms with E-state index in [0.717, 1.165) is 0 Å². The zero-order valence-corrected chi connectivity index (χ0v) is 8.94. The Morgan fingerprint density at radius 2 is 2.44 bits per heavy atom. The largest absolute Gasteiger partial charge is 0.476 e. The minimum Gasteiger partial charge on any atom is -0.476 e. The van der Waals surface area contributed by atoms with Gasteiger partial charge in [-0.25, -0.2) is 19.7 Å². The van der Waals surface area contributed by atoms with E-state index in [4.69, 9.17) is 5.11 Å². The molecule has 16 heavy (non-hydrogen) atoms. The zero-order valence-electron chi connectivity index (χ0n) is 8.12. The molecule has 2 N–H and O–H groups in total. The normalized spacial score (nSPS) is 10.0. The Hall–Kier alpha value is -2.02. The summed E-state index contributed by atoms with van der Waals surface area (Å²) in [6, 6.07) is 1.73. The lowest BCUT2D eigenvalue weighted by Gasteiger charge is -2.00. The highest BCUT2D eigenvalue weighted by atomic mass is 32.1. The van der Waals surface area contributed by atoms with Crippen molar-refractivity contribution in [3.8, 4) is 0 Å². The molecule has 0 bridgehead atoms. The summed E-state index contributed by atoms with van der Waals surface area (Å²) in [6.07, 6.45) is 3.06. The summed E-state index contributed by atoms with van der Waals surface area (Å²) in [5.41, 5.74) is 0.0736. The van der Waals surface area contributed by atoms with Crippen LogP contribution in [0.5, 0.6) is 0 Å². The Labute approximate surface area is 95.0 Å². The molecule has 7 heteroatoms. The summed E-state index contributed by atoms with van der Waals surface area (Å²) in [6.45, 7) is 0.453. The Morgan fingerprint density at radius 1 is 1.56 bits per heavy atom. The summed E-state index contributed by atoms with van der Waals surface area (Å²) >= 11 is 1.30. The van der Waals surface area contributed by atoms with E-state index in [1.807, 2.05) is 0 Å². The van der Waals surface area contributed by atoms with Crippen molar-refractivity contribution in [3.63, 3.8) is 0 Å². The number of nitrogens with zero attached hydrogens (tertiary/aromatic N) is 3. The summed E-state index contributed by atoms with van der Waals surface area (Å²) in [7, 11) is 0. The Morgan fingerprint density at radius 3 is 3.06 bits per heavy atom. The number of carbonyl (C=O) groups is 1. The van der Waals surface area contributed by atoms with Gasteiger partial charge in [0.2, 0.25) is 0 Å². The van der Waals surface area contributed by atoms with E-state index in [9.17, 15) is 4.79 Å². The van der Waals surface area contributed by atoms with Crippen molar-refractivity contribution in [3.05, 3.63) is 34.7 Å². The minimum atomic E-state index is -1.01. The molecule has 0 aliphatic heterocycles. The number of aromatic carboxylic acids is 1. The average molecular weight is 236 g/mol. The van der Waals surface area contributed by atoms with Gasteiger partial charge in [0.05, 0.1) is 6.54 Å². The van der Waals surface area contributed by atoms with Crippen LogP contribution in [0.3, 0.4) is 0 Å². The molecule has 0 fully saturated rings. The Balaban J connectivity index is 1.97. The van der Waals surface area contributed by atoms with Crippen molar-refractivity contribution in [2.75, 3.05) is 5.32 Å². The first-order valence-corrected chi connectivity index (χ1v) is 5.31. The van der Waals surface area contributed by atoms with Crippen LogP contribution in [0.1, 0.15) is 15.5 Å². The molecule has 0 saturated carbocycles. The number of carboxylic acids is 1. The molecule has 0 aliphatic rings. The fraction of sp³-hybridized carbons (Fsp3) is 0.111. The zero-order chi connectivity index (χ0) is 11.4. The molecule has 82 valence electrons. The van der Waals surface area contributed by atoms with Crippen LogP contribution in [-0.2, 0) is 6.54 Å². The van der Waals surface area contributed by atoms with Crippen LogP contribution in [0.25, 0.3) is 0 Å². The van der Waals surface area contributed by atoms with E-state index < -0.39 is 5.97 Å². The van der Waals surface area contributed by atoms with Gasteiger partial charge in [-0.05, 0) is 6.07 Å². The van der Waals surface area contributed by atoms with Gasteiger partial charge in [0.25, 0.3) is 0 Å². The minimum absolute atomic E-state index is 0.0736. The topological polar surface area (TPSA) is 88.0 Å². The van der Waals surface area contributed by atoms with E-state index in [2.05, 4.69) is 20.3 Å². The quantitative estimate of drug-likeness (QED) is 0.830. The van der Waals surface area contributed by atoms with Crippen LogP contribution in [0.2, 0.25) is 0 Å². The summed E-state index contributed by atoms with van der Waals surface area (Å²) < 4.78 is 0. The van der Waals surface area contributed by atoms with Crippen LogP contribution in [0.15, 0.2) is 24.0 Å². The molecule has 2 heterocycles. The number of thiazole rings is 1. The first-order valence-electron chi connectivity index (χ1n) is 4.43. The number of carboxylic acid groups (broad SMARTS) is 1. The summed E-state index contributed by atoms with van der Waals surface area (Å²) in [5.74, 6) is -0.327. The summed E-state index contributed by atoms with van der Waals surface area (Å²) in [5, 5.41) is 13.9. The van der Waals surface area contributed by atoms with Gasteiger partial charge in [-0.15, -0.1) is 11.3 Å². The second-order valence-electron chi connectivity index (χ2n) is 2.88. The summed E-state index contributed by atoms with van der Waals surface area (Å²) in [4.78, 5) is 22.3. The molecule has 0 spiro atoms. The molecule has 0 aliphatic carbocycles. The van der Waals surface area contributed by atoms with Crippen LogP contribution in [0.4, 0.5) is 5.82 Å². The first-order chi connectivity index (χ1) is 7.75. The van der Waals surface area contributed by atoms with Crippen molar-refractivity contribution in [1.29, 1.82) is 0 Å². The molecule has 6 nitrogen and oxygen atoms in total. The molecule has 0 atom stereocenters. The van der Waals surface area contributed by atoms with Crippen molar-refractivity contribution in [2.24, 2.45) is 0 Å². The molecule has 0 radical (unpaired) electrons. The number of hydrogen-bond donors (Lipinski definition) is 2. The van der Waals surface area contributed by atoms with Gasteiger partial charge in [0.1, 0.15) is 17.2 Å². The SMILES string of the molecule is O=C(O)c1csc(CNc2ccncn2)n1. The number of nitrogens with one attached hydrogen (secondary N) is 1. The third-order valence-electron chi connectivity index (χ3n) is 1.77. The van der Waals surface area contributed by atoms with Crippen molar-refractivity contribution in [1.82, 2.24) is 15.0 Å². The monoisotopic (exact) mass is 236 g/mol. The molecule has 2 aromatic rings. The van der Waals surface area contributed by atoms with Crippen LogP contribution < -0.4 is 5.32 Å². The lowest BCUT2D eigenvalue weighted by Crippen LogP contribution is -2.02. The molecule has 2 rings (SSSR count). The van der Waals surface area contributed by atoms with Gasteiger partial charge >= 0.3 is 5.97 Å². The van der Waals surface area contributed by atoms with Gasteiger partial charge in [0.15, 0.2) is 5.69 Å². The van der Waals surface area contributed by atoms with Gasteiger partial charge < -0.3 is 10.4 Å². The van der Waals surface area contributed by atoms with Crippen molar-refractivity contribution < 1.29 is 9.90 Å². The standard InChI is InChI=1S/C9H8N4O2S/c14-9(15)6-4-16-8(13-6)3-11-7-1-2-10-5-12-7/h1-2,4-5H,3H2,(H,14,15)(H,10,11,12). The molecule has 0 unspecified atom stereocenters. The first kappa shape index (κ1) is 10.5. The fourth-order valence-corrected chi connectivity index (χ4v) is 1.76.